The molecule has 1 amide bonds. The van der Waals surface area contributed by atoms with Gasteiger partial charge >= 0.3 is 5.97 Å². The minimum Gasteiger partial charge on any atom is -0.469 e. The average molecular weight is 380 g/mol. The fourth-order valence-electron chi connectivity index (χ4n) is 3.16. The molecular formula is C21H20N2O5. The number of carbonyl (C=O) groups excluding carboxylic acids is 2. The number of hydrogen-bond acceptors (Lipinski definition) is 5. The zero-order valence-electron chi connectivity index (χ0n) is 15.5. The van der Waals surface area contributed by atoms with Crippen molar-refractivity contribution in [2.24, 2.45) is 0 Å². The molecule has 3 rings (SSSR count). The molecule has 144 valence electrons. The first kappa shape index (κ1) is 19.3. The summed E-state index contributed by atoms with van der Waals surface area (Å²) in [6, 6.07) is 12.1. The third kappa shape index (κ3) is 4.25. The van der Waals surface area contributed by atoms with Crippen molar-refractivity contribution in [3.05, 3.63) is 69.3 Å². The third-order valence-corrected chi connectivity index (χ3v) is 4.64. The summed E-state index contributed by atoms with van der Waals surface area (Å²) in [6.45, 7) is 0.218. The molecule has 1 aliphatic rings. The van der Waals surface area contributed by atoms with E-state index < -0.39 is 4.92 Å². The molecule has 0 saturated carbocycles. The predicted molar refractivity (Wildman–Crippen MR) is 106 cm³/mol. The molecule has 28 heavy (non-hydrogen) atoms. The Kier molecular flexibility index (Phi) is 5.84. The van der Waals surface area contributed by atoms with Gasteiger partial charge in [-0.2, -0.15) is 0 Å². The molecule has 0 aromatic heterocycles. The molecule has 7 nitrogen and oxygen atoms in total. The minimum absolute atomic E-state index is 0.0147. The number of amides is 1. The number of nitrogens with zero attached hydrogens (tertiary/aromatic N) is 2. The average Bonchev–Trinajstić information content (AvgIpc) is 2.69. The number of non-ortho nitro benzene ring substituents is 1. The topological polar surface area (TPSA) is 89.8 Å². The molecule has 2 aromatic rings. The first-order valence-electron chi connectivity index (χ1n) is 8.91. The number of nitro groups is 1. The van der Waals surface area contributed by atoms with E-state index in [2.05, 4.69) is 4.74 Å². The standard InChI is InChI=1S/C21H20N2O5/c1-28-21(25)8-4-7-20(24)22-14-17-13-18(23(26)27)12-11-15(17)9-10-16-5-2-3-6-19(16)22/h2-3,5-6,9-13H,4,7-8,14H2,1H3/b10-9-. The van der Waals surface area contributed by atoms with Gasteiger partial charge in [-0.05, 0) is 35.2 Å². The fourth-order valence-corrected chi connectivity index (χ4v) is 3.16. The largest absolute Gasteiger partial charge is 0.469 e. The number of benzene rings is 2. The van der Waals surface area contributed by atoms with Crippen LogP contribution in [0.25, 0.3) is 12.2 Å². The predicted octanol–water partition coefficient (Wildman–Crippen LogP) is 3.96. The Balaban J connectivity index is 1.94. The molecule has 0 bridgehead atoms. The summed E-state index contributed by atoms with van der Waals surface area (Å²) in [5.74, 6) is -0.506. The second-order valence-electron chi connectivity index (χ2n) is 6.44. The van der Waals surface area contributed by atoms with Crippen molar-refractivity contribution in [2.75, 3.05) is 12.0 Å². The highest BCUT2D eigenvalue weighted by Crippen LogP contribution is 2.31. The van der Waals surface area contributed by atoms with E-state index in [1.54, 1.807) is 11.0 Å². The Morgan fingerprint density at radius 1 is 1.11 bits per heavy atom. The van der Waals surface area contributed by atoms with Crippen LogP contribution in [-0.4, -0.2) is 23.9 Å². The normalized spacial score (nSPS) is 13.5. The van der Waals surface area contributed by atoms with E-state index in [9.17, 15) is 19.7 Å². The second kappa shape index (κ2) is 8.47. The Bertz CT molecular complexity index is 952. The van der Waals surface area contributed by atoms with Crippen LogP contribution in [-0.2, 0) is 20.9 Å². The third-order valence-electron chi connectivity index (χ3n) is 4.64. The van der Waals surface area contributed by atoms with E-state index in [4.69, 9.17) is 0 Å². The van der Waals surface area contributed by atoms with Crippen LogP contribution in [0, 0.1) is 10.1 Å². The number of esters is 1. The van der Waals surface area contributed by atoms with Gasteiger partial charge in [0.1, 0.15) is 0 Å². The number of fused-ring (bicyclic) bond motifs is 2. The van der Waals surface area contributed by atoms with Crippen LogP contribution in [0.2, 0.25) is 0 Å². The number of ether oxygens (including phenoxy) is 1. The number of para-hydroxylation sites is 1. The molecule has 0 spiro atoms. The van der Waals surface area contributed by atoms with Crippen LogP contribution in [0.4, 0.5) is 11.4 Å². The van der Waals surface area contributed by atoms with E-state index >= 15 is 0 Å². The molecule has 0 unspecified atom stereocenters. The molecule has 0 aliphatic carbocycles. The van der Waals surface area contributed by atoms with Crippen LogP contribution in [0.5, 0.6) is 0 Å². The molecule has 0 fully saturated rings. The van der Waals surface area contributed by atoms with E-state index in [0.717, 1.165) is 16.8 Å². The first-order chi connectivity index (χ1) is 13.5. The number of rotatable bonds is 5. The maximum absolute atomic E-state index is 12.9. The summed E-state index contributed by atoms with van der Waals surface area (Å²) < 4.78 is 4.62. The molecule has 1 aliphatic heterocycles. The van der Waals surface area contributed by atoms with Crippen LogP contribution in [0.1, 0.15) is 36.0 Å². The van der Waals surface area contributed by atoms with Crippen LogP contribution >= 0.6 is 0 Å². The summed E-state index contributed by atoms with van der Waals surface area (Å²) in [4.78, 5) is 36.6. The van der Waals surface area contributed by atoms with Crippen molar-refractivity contribution in [1.82, 2.24) is 0 Å². The van der Waals surface area contributed by atoms with E-state index in [0.29, 0.717) is 12.0 Å². The van der Waals surface area contributed by atoms with Crippen molar-refractivity contribution in [1.29, 1.82) is 0 Å². The van der Waals surface area contributed by atoms with Gasteiger partial charge in [-0.25, -0.2) is 0 Å². The van der Waals surface area contributed by atoms with Crippen molar-refractivity contribution >= 4 is 35.4 Å². The molecule has 1 heterocycles. The highest BCUT2D eigenvalue weighted by molar-refractivity contribution is 5.97. The first-order valence-corrected chi connectivity index (χ1v) is 8.91. The van der Waals surface area contributed by atoms with Crippen molar-refractivity contribution < 1.29 is 19.2 Å². The molecule has 0 radical (unpaired) electrons. The lowest BCUT2D eigenvalue weighted by Crippen LogP contribution is -2.31. The Morgan fingerprint density at radius 2 is 1.86 bits per heavy atom. The lowest BCUT2D eigenvalue weighted by Gasteiger charge is -2.27. The maximum Gasteiger partial charge on any atom is 0.305 e. The number of anilines is 1. The zero-order valence-corrected chi connectivity index (χ0v) is 15.5. The van der Waals surface area contributed by atoms with E-state index in [1.807, 2.05) is 36.4 Å². The number of methoxy groups -OCH3 is 1. The van der Waals surface area contributed by atoms with Crippen molar-refractivity contribution in [3.8, 4) is 0 Å². The smallest absolute Gasteiger partial charge is 0.305 e. The number of hydrogen-bond donors (Lipinski definition) is 0. The quantitative estimate of drug-likeness (QED) is 0.445. The van der Waals surface area contributed by atoms with Gasteiger partial charge in [0.05, 0.1) is 24.3 Å². The van der Waals surface area contributed by atoms with Gasteiger partial charge in [-0.15, -0.1) is 0 Å². The highest BCUT2D eigenvalue weighted by Gasteiger charge is 2.22. The lowest BCUT2D eigenvalue weighted by molar-refractivity contribution is -0.384. The zero-order chi connectivity index (χ0) is 20.1. The van der Waals surface area contributed by atoms with E-state index in [-0.39, 0.29) is 37.0 Å². The van der Waals surface area contributed by atoms with Crippen LogP contribution < -0.4 is 4.90 Å². The van der Waals surface area contributed by atoms with Gasteiger partial charge in [-0.1, -0.05) is 30.4 Å². The van der Waals surface area contributed by atoms with Gasteiger partial charge in [0.25, 0.3) is 5.69 Å². The van der Waals surface area contributed by atoms with Gasteiger partial charge in [0.2, 0.25) is 5.91 Å². The lowest BCUT2D eigenvalue weighted by atomic mass is 10.00. The minimum atomic E-state index is -0.445. The monoisotopic (exact) mass is 380 g/mol. The summed E-state index contributed by atoms with van der Waals surface area (Å²) in [7, 11) is 1.31. The van der Waals surface area contributed by atoms with Gasteiger partial charge in [0, 0.05) is 25.0 Å². The van der Waals surface area contributed by atoms with Crippen molar-refractivity contribution in [2.45, 2.75) is 25.8 Å². The summed E-state index contributed by atoms with van der Waals surface area (Å²) in [5.41, 5.74) is 3.12. The van der Waals surface area contributed by atoms with Gasteiger partial charge < -0.3 is 9.64 Å². The molecular weight excluding hydrogens is 360 g/mol. The fraction of sp³-hybridized carbons (Fsp3) is 0.238. The van der Waals surface area contributed by atoms with Gasteiger partial charge in [0.15, 0.2) is 0 Å². The Labute approximate surface area is 162 Å². The number of nitro benzene ring substituents is 1. The summed E-state index contributed by atoms with van der Waals surface area (Å²) in [5, 5.41) is 11.2. The van der Waals surface area contributed by atoms with E-state index in [1.165, 1.54) is 19.2 Å². The second-order valence-corrected chi connectivity index (χ2v) is 6.44. The molecule has 0 atom stereocenters. The summed E-state index contributed by atoms with van der Waals surface area (Å²) >= 11 is 0. The molecule has 2 aromatic carbocycles. The Hall–Kier alpha value is -3.48. The van der Waals surface area contributed by atoms with Gasteiger partial charge in [-0.3, -0.25) is 19.7 Å². The Morgan fingerprint density at radius 3 is 2.61 bits per heavy atom. The highest BCUT2D eigenvalue weighted by atomic mass is 16.6. The molecule has 7 heteroatoms. The molecule has 0 N–H and O–H groups in total. The maximum atomic E-state index is 12.9. The van der Waals surface area contributed by atoms with Crippen molar-refractivity contribution in [3.63, 3.8) is 0 Å². The summed E-state index contributed by atoms with van der Waals surface area (Å²) in [6.07, 6.45) is 4.52. The number of carbonyl (C=O) groups is 2. The molecule has 0 saturated heterocycles. The van der Waals surface area contributed by atoms with Crippen LogP contribution in [0.15, 0.2) is 42.5 Å². The SMILES string of the molecule is COC(=O)CCCC(=O)N1Cc2cc([N+](=O)[O-])ccc2/C=C\c2ccccc21. The van der Waals surface area contributed by atoms with Crippen LogP contribution in [0.3, 0.4) is 0 Å².